The van der Waals surface area contributed by atoms with Crippen LogP contribution in [0.5, 0.6) is 0 Å². The topological polar surface area (TPSA) is 45.1 Å². The average molecular weight is 1570 g/mol. The van der Waals surface area contributed by atoms with E-state index in [9.17, 15) is 16.2 Å². The molecule has 3 aromatic heterocycles. The summed E-state index contributed by atoms with van der Waals surface area (Å²) in [4.78, 5) is 4.80. The minimum atomic E-state index is -0.589. The van der Waals surface area contributed by atoms with Gasteiger partial charge in [-0.3, -0.25) is 0 Å². The van der Waals surface area contributed by atoms with Gasteiger partial charge in [-0.25, -0.2) is 0 Å². The van der Waals surface area contributed by atoms with Crippen molar-refractivity contribution in [2.24, 2.45) is 0 Å². The van der Waals surface area contributed by atoms with Crippen molar-refractivity contribution in [3.05, 3.63) is 323 Å². The van der Waals surface area contributed by atoms with Crippen LogP contribution in [-0.4, -0.2) is 20.4 Å². The zero-order valence-electron chi connectivity index (χ0n) is 81.2. The molecule has 14 aromatic carbocycles. The van der Waals surface area contributed by atoms with Crippen molar-refractivity contribution < 1.29 is 11.0 Å². The maximum absolute atomic E-state index is 12.0. The second-order valence-electron chi connectivity index (χ2n) is 40.9. The fourth-order valence-electron chi connectivity index (χ4n) is 18.6. The van der Waals surface area contributed by atoms with Gasteiger partial charge in [0.2, 0.25) is 0 Å². The molecule has 0 fully saturated rings. The Morgan fingerprint density at radius 3 is 1.09 bits per heavy atom. The second-order valence-corrected chi connectivity index (χ2v) is 40.9. The summed E-state index contributed by atoms with van der Waals surface area (Å²) in [5, 5.41) is 16.3. The predicted octanol–water partition coefficient (Wildman–Crippen LogP) is 29.0. The normalized spacial score (nSPS) is 14.4. The van der Waals surface area contributed by atoms with Crippen molar-refractivity contribution >= 4 is 123 Å². The van der Waals surface area contributed by atoms with Crippen molar-refractivity contribution in [3.8, 4) is 56.5 Å². The summed E-state index contributed by atoms with van der Waals surface area (Å²) in [5.41, 5.74) is 26.2. The van der Waals surface area contributed by atoms with Crippen LogP contribution in [0.1, 0.15) is 201 Å². The minimum absolute atomic E-state index is 0.0125. The SMILES string of the molecule is [2H]c1c([2H])c([2H])c2c(c1[2H])c1c([2H])c([2H])c([2H])c([2H])c1n2-c1cc2c3c(c1)N(c1c(-c4ccccc4)cc(C(C)(C)C)cc1-c1ccccc1)c1cc(-n4c5ccc(C(C)(C)C)cc5c5cc(C(C)(C)C)ccc54)ccc1B3c1ccc(-c3cc(C(C)(C)C)cc(C(C)(C)C)c3)cc1N2c1ccc(C#N)c(-n2c3ccc(C(C)(C)C)cc3c3cc(C(C)(C)C)ccc32)c1. The number of rotatable bonds is 8. The molecule has 0 saturated carbocycles. The van der Waals surface area contributed by atoms with E-state index in [-0.39, 0.29) is 59.7 Å². The average Bonchev–Trinajstić information content (AvgIpc) is 1.22. The van der Waals surface area contributed by atoms with E-state index in [0.29, 0.717) is 34.0 Å². The molecule has 19 rings (SSSR count). The number of nitriles is 1. The highest BCUT2D eigenvalue weighted by atomic mass is 15.2. The summed E-state index contributed by atoms with van der Waals surface area (Å²) < 4.78 is 85.3. The van der Waals surface area contributed by atoms with Crippen LogP contribution in [-0.2, 0) is 37.9 Å². The Morgan fingerprint density at radius 1 is 0.275 bits per heavy atom. The van der Waals surface area contributed by atoms with Gasteiger partial charge in [0, 0.05) is 77.6 Å². The summed E-state index contributed by atoms with van der Waals surface area (Å²) >= 11 is 0. The van der Waals surface area contributed by atoms with Gasteiger partial charge in [-0.1, -0.05) is 303 Å². The Labute approximate surface area is 721 Å². The first-order valence-electron chi connectivity index (χ1n) is 46.5. The molecule has 594 valence electrons. The molecule has 0 atom stereocenters. The molecule has 2 aliphatic rings. The Balaban J connectivity index is 1.04. The van der Waals surface area contributed by atoms with Gasteiger partial charge in [-0.15, -0.1) is 0 Å². The lowest BCUT2D eigenvalue weighted by Crippen LogP contribution is -2.61. The van der Waals surface area contributed by atoms with Crippen LogP contribution in [0.15, 0.2) is 279 Å². The largest absolute Gasteiger partial charge is 0.311 e. The van der Waals surface area contributed by atoms with Crippen LogP contribution >= 0.6 is 0 Å². The van der Waals surface area contributed by atoms with Gasteiger partial charge in [0.1, 0.15) is 6.07 Å². The quantitative estimate of drug-likeness (QED) is 0.142. The lowest BCUT2D eigenvalue weighted by Gasteiger charge is -2.45. The van der Waals surface area contributed by atoms with Gasteiger partial charge < -0.3 is 23.5 Å². The number of anilines is 6. The fourth-order valence-corrected chi connectivity index (χ4v) is 18.6. The van der Waals surface area contributed by atoms with Crippen molar-refractivity contribution in [2.45, 2.75) is 183 Å². The Hall–Kier alpha value is -12.4. The Kier molecular flexibility index (Phi) is 15.6. The minimum Gasteiger partial charge on any atom is -0.311 e. The summed E-state index contributed by atoms with van der Waals surface area (Å²) in [7, 11) is 0. The van der Waals surface area contributed by atoms with E-state index in [1.807, 2.05) is 6.07 Å². The molecule has 5 heterocycles. The Bertz CT molecular complexity index is 7350. The number of fused-ring (bicyclic) bond motifs is 13. The van der Waals surface area contributed by atoms with E-state index >= 15 is 0 Å². The van der Waals surface area contributed by atoms with Crippen molar-refractivity contribution in [1.82, 2.24) is 13.7 Å². The zero-order valence-corrected chi connectivity index (χ0v) is 73.2. The molecule has 6 nitrogen and oxygen atoms in total. The first-order valence-corrected chi connectivity index (χ1v) is 42.5. The smallest absolute Gasteiger partial charge is 0.252 e. The summed E-state index contributed by atoms with van der Waals surface area (Å²) in [6.45, 7) is 46.9. The van der Waals surface area contributed by atoms with Crippen molar-refractivity contribution in [2.75, 3.05) is 9.80 Å². The van der Waals surface area contributed by atoms with Gasteiger partial charge in [-0.2, -0.15) is 5.26 Å². The fraction of sp³-hybridized carbons (Fsp3) is 0.248. The van der Waals surface area contributed by atoms with E-state index in [1.54, 1.807) is 4.57 Å². The van der Waals surface area contributed by atoms with Crippen molar-refractivity contribution in [1.29, 1.82) is 5.26 Å². The predicted molar refractivity (Wildman–Crippen MR) is 515 cm³/mol. The van der Waals surface area contributed by atoms with Gasteiger partial charge in [0.05, 0.1) is 66.7 Å². The Morgan fingerprint density at radius 2 is 0.650 bits per heavy atom. The molecule has 2 aliphatic heterocycles. The van der Waals surface area contributed by atoms with Crippen LogP contribution in [0, 0.1) is 11.3 Å². The van der Waals surface area contributed by atoms with Gasteiger partial charge in [0.15, 0.2) is 0 Å². The first-order chi connectivity index (χ1) is 60.2. The molecule has 0 aliphatic carbocycles. The number of benzene rings is 14. The van der Waals surface area contributed by atoms with E-state index in [0.717, 1.165) is 122 Å². The van der Waals surface area contributed by atoms with Crippen LogP contribution < -0.4 is 26.2 Å². The van der Waals surface area contributed by atoms with Crippen molar-refractivity contribution in [3.63, 3.8) is 0 Å². The maximum Gasteiger partial charge on any atom is 0.252 e. The lowest BCUT2D eigenvalue weighted by molar-refractivity contribution is 0.569. The molecule has 120 heavy (non-hydrogen) atoms. The number of aromatic nitrogens is 3. The second kappa shape index (κ2) is 27.3. The van der Waals surface area contributed by atoms with Crippen LogP contribution in [0.2, 0.25) is 0 Å². The number of nitrogens with zero attached hydrogens (tertiary/aromatic N) is 6. The highest BCUT2D eigenvalue weighted by Crippen LogP contribution is 2.55. The third-order valence-corrected chi connectivity index (χ3v) is 25.6. The summed E-state index contributed by atoms with van der Waals surface area (Å²) in [6.07, 6.45) is 0. The monoisotopic (exact) mass is 1570 g/mol. The van der Waals surface area contributed by atoms with E-state index in [4.69, 9.17) is 0 Å². The van der Waals surface area contributed by atoms with E-state index in [2.05, 4.69) is 395 Å². The molecule has 0 amide bonds. The van der Waals surface area contributed by atoms with Gasteiger partial charge in [0.25, 0.3) is 6.71 Å². The maximum atomic E-state index is 12.0. The first kappa shape index (κ1) is 68.5. The molecule has 0 bridgehead atoms. The molecule has 0 N–H and O–H groups in total. The molecular formula is C113H109BN6. The van der Waals surface area contributed by atoms with Gasteiger partial charge in [-0.05, 0) is 237 Å². The van der Waals surface area contributed by atoms with Crippen LogP contribution in [0.3, 0.4) is 0 Å². The number of para-hydroxylation sites is 2. The summed E-state index contributed by atoms with van der Waals surface area (Å²) in [5.74, 6) is 0. The standard InChI is InChI=1S/C113H109BN6/c1-107(2,3)74-42-50-96-88(58-74)89-59-75(108(4,5)6)43-51-97(89)116(96)82-47-49-93-102(65-82)120(106-86(69-32-24-22-25-33-69)62-80(113(19,20)21)63-87(106)70-34-26-23-27-35-70)104-67-83(118-94-38-30-28-36-84(94)85-37-29-31-39-95(85)118)66-103-105(104)114(93)92-48-41-71(73-54-78(111(13,14)15)57-79(55-73)112(16,17)18)56-101(92)117(103)81-46-40-72(68-115)100(64-81)119-98-52-44-76(109(7,8)9)60-90(98)91-61-77(110(10,11)12)45-53-99(91)119/h22-67H,1-21H3/i28D,29D,30D,31D,36D,37D,38D,39D. The molecule has 0 spiro atoms. The third kappa shape index (κ3) is 12.8. The lowest BCUT2D eigenvalue weighted by atomic mass is 9.33. The number of hydrogen-bond donors (Lipinski definition) is 0. The molecular weight excluding hydrogens is 1450 g/mol. The van der Waals surface area contributed by atoms with Crippen LogP contribution in [0.25, 0.3) is 116 Å². The molecule has 17 aromatic rings. The van der Waals surface area contributed by atoms with E-state index in [1.165, 1.54) is 33.4 Å². The highest BCUT2D eigenvalue weighted by Gasteiger charge is 2.46. The number of hydrogen-bond acceptors (Lipinski definition) is 3. The zero-order chi connectivity index (χ0) is 91.1. The van der Waals surface area contributed by atoms with Gasteiger partial charge >= 0.3 is 0 Å². The molecule has 0 saturated heterocycles. The molecule has 0 radical (unpaired) electrons. The van der Waals surface area contributed by atoms with E-state index < -0.39 is 55.1 Å². The third-order valence-electron chi connectivity index (χ3n) is 25.6. The molecule has 7 heteroatoms. The van der Waals surface area contributed by atoms with Crippen LogP contribution in [0.4, 0.5) is 34.1 Å². The summed E-state index contributed by atoms with van der Waals surface area (Å²) in [6, 6.07) is 83.8. The highest BCUT2D eigenvalue weighted by molar-refractivity contribution is 7.00. The molecule has 0 unspecified atom stereocenters.